The molecule has 1 heterocycles. The van der Waals surface area contributed by atoms with Crippen molar-refractivity contribution in [2.45, 2.75) is 18.9 Å². The van der Waals surface area contributed by atoms with Crippen molar-refractivity contribution < 1.29 is 27.3 Å². The molecule has 0 saturated carbocycles. The molecule has 1 amide bonds. The molecule has 9 nitrogen and oxygen atoms in total. The van der Waals surface area contributed by atoms with Crippen LogP contribution in [0, 0.1) is 0 Å². The fourth-order valence-corrected chi connectivity index (χ4v) is 4.40. The topological polar surface area (TPSA) is 116 Å². The van der Waals surface area contributed by atoms with Crippen LogP contribution in [0.25, 0.3) is 0 Å². The monoisotopic (exact) mass is 498 g/mol. The predicted molar refractivity (Wildman–Crippen MR) is 127 cm³/mol. The molecule has 0 aliphatic carbocycles. The van der Waals surface area contributed by atoms with Gasteiger partial charge in [-0.25, -0.2) is 0 Å². The Morgan fingerprint density at radius 2 is 1.76 bits per heavy atom. The lowest BCUT2D eigenvalue weighted by Crippen LogP contribution is -2.67. The number of carbonyl (C=O) groups is 1. The molecular formula is C21H26F3N6O3P. The molecule has 1 saturated heterocycles. The minimum atomic E-state index is -4.90. The van der Waals surface area contributed by atoms with Crippen LogP contribution in [0.5, 0.6) is 5.75 Å². The van der Waals surface area contributed by atoms with Crippen LogP contribution >= 0.6 is 7.14 Å². The average Bonchev–Trinajstić information content (AvgIpc) is 2.74. The number of hydrogen-bond donors (Lipinski definition) is 6. The van der Waals surface area contributed by atoms with E-state index in [0.29, 0.717) is 17.7 Å². The Hall–Kier alpha value is -3.05. The van der Waals surface area contributed by atoms with E-state index in [0.717, 1.165) is 12.1 Å². The second-order valence-corrected chi connectivity index (χ2v) is 10.9. The number of anilines is 3. The summed E-state index contributed by atoms with van der Waals surface area (Å²) in [4.78, 5) is 11.6. The van der Waals surface area contributed by atoms with E-state index in [2.05, 4.69) is 43.2 Å². The molecule has 2 unspecified atom stereocenters. The summed E-state index contributed by atoms with van der Waals surface area (Å²) in [5.41, 5.74) is 0.898. The van der Waals surface area contributed by atoms with Gasteiger partial charge in [0.15, 0.2) is 5.75 Å². The van der Waals surface area contributed by atoms with Gasteiger partial charge in [0.2, 0.25) is 5.91 Å². The van der Waals surface area contributed by atoms with Crippen molar-refractivity contribution in [2.75, 3.05) is 35.9 Å². The number of para-hydroxylation sites is 1. The lowest BCUT2D eigenvalue weighted by atomic mass is 10.2. The highest BCUT2D eigenvalue weighted by atomic mass is 31.2. The van der Waals surface area contributed by atoms with Gasteiger partial charge < -0.3 is 25.3 Å². The normalized spacial score (nSPS) is 18.6. The molecule has 1 aliphatic rings. The molecule has 0 radical (unpaired) electrons. The molecule has 2 atom stereocenters. The standard InChI is InChI=1S/C21H26F3N6O3P/c1-4-18(31)27-13-9-10-16(33-21(22,23)24)15(11-13)29-20-26-12-25-19(30-20)28-14-7-5-6-8-17(14)34(2,3)32/h4-11,19-20,25-26,28-30H,1,12H2,2-3H3,(H,27,31). The zero-order valence-electron chi connectivity index (χ0n) is 18.5. The average molecular weight is 498 g/mol. The van der Waals surface area contributed by atoms with Crippen LogP contribution in [0.1, 0.15) is 0 Å². The molecule has 184 valence electrons. The maximum atomic E-state index is 12.9. The number of carbonyl (C=O) groups excluding carboxylic acids is 1. The van der Waals surface area contributed by atoms with E-state index in [1.807, 2.05) is 6.07 Å². The first kappa shape index (κ1) is 25.6. The van der Waals surface area contributed by atoms with E-state index in [1.54, 1.807) is 31.5 Å². The van der Waals surface area contributed by atoms with Crippen LogP contribution in [-0.2, 0) is 9.36 Å². The Morgan fingerprint density at radius 1 is 1.12 bits per heavy atom. The highest BCUT2D eigenvalue weighted by molar-refractivity contribution is 7.70. The molecular weight excluding hydrogens is 472 g/mol. The molecule has 2 aromatic rings. The van der Waals surface area contributed by atoms with Gasteiger partial charge in [0.1, 0.15) is 19.7 Å². The van der Waals surface area contributed by atoms with Crippen LogP contribution in [0.2, 0.25) is 0 Å². The van der Waals surface area contributed by atoms with Crippen molar-refractivity contribution in [1.29, 1.82) is 0 Å². The Labute approximate surface area is 194 Å². The molecule has 1 fully saturated rings. The van der Waals surface area contributed by atoms with Crippen LogP contribution < -0.4 is 41.9 Å². The van der Waals surface area contributed by atoms with E-state index in [9.17, 15) is 22.5 Å². The maximum absolute atomic E-state index is 12.9. The van der Waals surface area contributed by atoms with Gasteiger partial charge >= 0.3 is 6.36 Å². The van der Waals surface area contributed by atoms with Crippen molar-refractivity contribution >= 4 is 35.4 Å². The van der Waals surface area contributed by atoms with Crippen molar-refractivity contribution in [2.24, 2.45) is 0 Å². The quantitative estimate of drug-likeness (QED) is 0.243. The van der Waals surface area contributed by atoms with Gasteiger partial charge in [0.25, 0.3) is 0 Å². The highest BCUT2D eigenvalue weighted by Crippen LogP contribution is 2.37. The number of benzene rings is 2. The first-order valence-electron chi connectivity index (χ1n) is 10.2. The van der Waals surface area contributed by atoms with Crippen LogP contribution in [0.4, 0.5) is 30.2 Å². The third kappa shape index (κ3) is 7.22. The summed E-state index contributed by atoms with van der Waals surface area (Å²) >= 11 is 0. The van der Waals surface area contributed by atoms with Gasteiger partial charge in [0.05, 0.1) is 12.4 Å². The molecule has 2 aromatic carbocycles. The number of hydrogen-bond acceptors (Lipinski definition) is 8. The van der Waals surface area contributed by atoms with Crippen LogP contribution in [-0.4, -0.2) is 44.8 Å². The van der Waals surface area contributed by atoms with Gasteiger partial charge in [-0.1, -0.05) is 18.7 Å². The molecule has 0 aromatic heterocycles. The second kappa shape index (κ2) is 10.5. The zero-order valence-corrected chi connectivity index (χ0v) is 19.4. The van der Waals surface area contributed by atoms with E-state index >= 15 is 0 Å². The van der Waals surface area contributed by atoms with E-state index < -0.39 is 37.7 Å². The third-order valence-corrected chi connectivity index (χ3v) is 6.24. The van der Waals surface area contributed by atoms with Crippen LogP contribution in [0.15, 0.2) is 55.1 Å². The molecule has 34 heavy (non-hydrogen) atoms. The van der Waals surface area contributed by atoms with Crippen molar-refractivity contribution in [1.82, 2.24) is 16.0 Å². The summed E-state index contributed by atoms with van der Waals surface area (Å²) in [5.74, 6) is -0.986. The summed E-state index contributed by atoms with van der Waals surface area (Å²) in [6.07, 6.45) is -5.06. The second-order valence-electron chi connectivity index (χ2n) is 7.73. The molecule has 13 heteroatoms. The minimum absolute atomic E-state index is 0.0168. The number of amides is 1. The van der Waals surface area contributed by atoms with Gasteiger partial charge in [-0.3, -0.25) is 20.7 Å². The summed E-state index contributed by atoms with van der Waals surface area (Å²) in [6, 6.07) is 10.9. The SMILES string of the molecule is C=CC(=O)Nc1ccc(OC(F)(F)F)c(NC2NCNC(Nc3ccccc3P(C)(C)=O)N2)c1. The molecule has 1 aliphatic heterocycles. The number of halogens is 3. The Bertz CT molecular complexity index is 1090. The summed E-state index contributed by atoms with van der Waals surface area (Å²) in [5, 5.41) is 18.5. The summed E-state index contributed by atoms with van der Waals surface area (Å²) in [6.45, 7) is 6.98. The summed E-state index contributed by atoms with van der Waals surface area (Å²) in [7, 11) is -2.55. The van der Waals surface area contributed by atoms with Crippen molar-refractivity contribution in [3.05, 3.63) is 55.1 Å². The Morgan fingerprint density at radius 3 is 2.38 bits per heavy atom. The predicted octanol–water partition coefficient (Wildman–Crippen LogP) is 2.79. The van der Waals surface area contributed by atoms with Gasteiger partial charge in [-0.15, -0.1) is 13.2 Å². The molecule has 0 bridgehead atoms. The van der Waals surface area contributed by atoms with E-state index in [-0.39, 0.29) is 11.4 Å². The lowest BCUT2D eigenvalue weighted by molar-refractivity contribution is -0.274. The van der Waals surface area contributed by atoms with E-state index in [4.69, 9.17) is 0 Å². The third-order valence-electron chi connectivity index (χ3n) is 4.69. The lowest BCUT2D eigenvalue weighted by Gasteiger charge is -2.35. The first-order valence-corrected chi connectivity index (χ1v) is 12.8. The van der Waals surface area contributed by atoms with Crippen LogP contribution in [0.3, 0.4) is 0 Å². The molecule has 3 rings (SSSR count). The fourth-order valence-electron chi connectivity index (χ4n) is 3.24. The number of rotatable bonds is 8. The minimum Gasteiger partial charge on any atom is -0.404 e. The van der Waals surface area contributed by atoms with Gasteiger partial charge in [-0.05, 0) is 49.7 Å². The van der Waals surface area contributed by atoms with Crippen molar-refractivity contribution in [3.63, 3.8) is 0 Å². The number of nitrogens with one attached hydrogen (secondary N) is 6. The summed E-state index contributed by atoms with van der Waals surface area (Å²) < 4.78 is 55.4. The van der Waals surface area contributed by atoms with Crippen molar-refractivity contribution in [3.8, 4) is 5.75 Å². The maximum Gasteiger partial charge on any atom is 0.573 e. The Balaban J connectivity index is 1.78. The highest BCUT2D eigenvalue weighted by Gasteiger charge is 2.33. The largest absolute Gasteiger partial charge is 0.573 e. The smallest absolute Gasteiger partial charge is 0.404 e. The van der Waals surface area contributed by atoms with E-state index in [1.165, 1.54) is 12.1 Å². The molecule has 0 spiro atoms. The Kier molecular flexibility index (Phi) is 7.88. The van der Waals surface area contributed by atoms with Gasteiger partial charge in [-0.2, -0.15) is 0 Å². The first-order chi connectivity index (χ1) is 15.9. The number of ether oxygens (including phenoxy) is 1. The number of alkyl halides is 3. The van der Waals surface area contributed by atoms with Gasteiger partial charge in [0, 0.05) is 16.7 Å². The molecule has 6 N–H and O–H groups in total. The zero-order chi connectivity index (χ0) is 24.9. The fraction of sp³-hybridized carbons (Fsp3) is 0.286.